The quantitative estimate of drug-likeness (QED) is 0.517. The van der Waals surface area contributed by atoms with Gasteiger partial charge in [0.1, 0.15) is 0 Å². The van der Waals surface area contributed by atoms with Crippen molar-refractivity contribution in [2.45, 2.75) is 130 Å². The molecule has 34 heavy (non-hydrogen) atoms. The van der Waals surface area contributed by atoms with Gasteiger partial charge in [0.15, 0.2) is 0 Å². The Morgan fingerprint density at radius 1 is 0.824 bits per heavy atom. The van der Waals surface area contributed by atoms with Gasteiger partial charge in [0.2, 0.25) is 0 Å². The van der Waals surface area contributed by atoms with E-state index < -0.39 is 0 Å². The van der Waals surface area contributed by atoms with Gasteiger partial charge in [-0.15, -0.1) is 0 Å². The highest BCUT2D eigenvalue weighted by Crippen LogP contribution is 2.89. The number of aliphatic hydroxyl groups excluding tert-OH is 3. The molecule has 5 saturated carbocycles. The van der Waals surface area contributed by atoms with Crippen molar-refractivity contribution in [2.75, 3.05) is 6.61 Å². The molecule has 0 bridgehead atoms. The minimum absolute atomic E-state index is 0.0347. The van der Waals surface area contributed by atoms with Crippen molar-refractivity contribution in [1.29, 1.82) is 0 Å². The van der Waals surface area contributed by atoms with Crippen molar-refractivity contribution in [2.24, 2.45) is 50.7 Å². The zero-order chi connectivity index (χ0) is 24.5. The van der Waals surface area contributed by atoms with Crippen LogP contribution in [0, 0.1) is 50.7 Å². The minimum Gasteiger partial charge on any atom is -0.396 e. The second-order valence-corrected chi connectivity index (χ2v) is 15.3. The average Bonchev–Trinajstić information content (AvgIpc) is 3.21. The van der Waals surface area contributed by atoms with Gasteiger partial charge in [-0.25, -0.2) is 0 Å². The molecule has 0 radical (unpaired) electrons. The molecule has 0 aromatic rings. The first-order chi connectivity index (χ1) is 15.8. The van der Waals surface area contributed by atoms with E-state index in [0.717, 1.165) is 38.5 Å². The zero-order valence-electron chi connectivity index (χ0n) is 22.6. The molecule has 6 aliphatic rings. The summed E-state index contributed by atoms with van der Waals surface area (Å²) < 4.78 is 6.52. The predicted octanol–water partition coefficient (Wildman–Crippen LogP) is 5.32. The van der Waals surface area contributed by atoms with Gasteiger partial charge >= 0.3 is 0 Å². The molecule has 0 unspecified atom stereocenters. The molecular formula is C30H50O4. The Morgan fingerprint density at radius 3 is 2.15 bits per heavy atom. The largest absolute Gasteiger partial charge is 0.396 e. The number of hydrogen-bond donors (Lipinski definition) is 3. The van der Waals surface area contributed by atoms with E-state index in [2.05, 4.69) is 41.5 Å². The van der Waals surface area contributed by atoms with E-state index in [1.165, 1.54) is 25.7 Å². The Hall–Kier alpha value is -0.160. The Labute approximate surface area is 207 Å². The van der Waals surface area contributed by atoms with Crippen molar-refractivity contribution in [3.63, 3.8) is 0 Å². The number of ether oxygens (including phenoxy) is 1. The number of rotatable bonds is 3. The third-order valence-corrected chi connectivity index (χ3v) is 13.9. The van der Waals surface area contributed by atoms with Crippen molar-refractivity contribution in [3.8, 4) is 0 Å². The molecule has 4 nitrogen and oxygen atoms in total. The fourth-order valence-electron chi connectivity index (χ4n) is 12.1. The third kappa shape index (κ3) is 2.65. The Morgan fingerprint density at radius 2 is 1.50 bits per heavy atom. The predicted molar refractivity (Wildman–Crippen MR) is 133 cm³/mol. The maximum Gasteiger partial charge on any atom is 0.0631 e. The summed E-state index contributed by atoms with van der Waals surface area (Å²) in [5, 5.41) is 33.0. The van der Waals surface area contributed by atoms with Crippen LogP contribution in [0.25, 0.3) is 0 Å². The molecule has 0 aromatic heterocycles. The highest BCUT2D eigenvalue weighted by Gasteiger charge is 2.83. The Balaban J connectivity index is 1.32. The van der Waals surface area contributed by atoms with Crippen molar-refractivity contribution >= 4 is 0 Å². The lowest BCUT2D eigenvalue weighted by Gasteiger charge is -2.63. The van der Waals surface area contributed by atoms with Gasteiger partial charge in [0.05, 0.1) is 30.5 Å². The molecule has 194 valence electrons. The fourth-order valence-corrected chi connectivity index (χ4v) is 12.1. The highest BCUT2D eigenvalue weighted by molar-refractivity contribution is 5.31. The topological polar surface area (TPSA) is 69.9 Å². The second-order valence-electron chi connectivity index (χ2n) is 15.3. The molecule has 0 aromatic carbocycles. The average molecular weight is 475 g/mol. The molecule has 4 heteroatoms. The van der Waals surface area contributed by atoms with Gasteiger partial charge < -0.3 is 20.1 Å². The summed E-state index contributed by atoms with van der Waals surface area (Å²) in [6.45, 7) is 14.1. The van der Waals surface area contributed by atoms with Gasteiger partial charge in [-0.1, -0.05) is 27.7 Å². The van der Waals surface area contributed by atoms with Crippen LogP contribution in [0.3, 0.4) is 0 Å². The van der Waals surface area contributed by atoms with Crippen LogP contribution in [0.5, 0.6) is 0 Å². The summed E-state index contributed by atoms with van der Waals surface area (Å²) in [5.41, 5.74) is 0.579. The zero-order valence-corrected chi connectivity index (χ0v) is 22.6. The molecule has 1 heterocycles. The lowest BCUT2D eigenvalue weighted by Crippen LogP contribution is -2.59. The Bertz CT molecular complexity index is 857. The van der Waals surface area contributed by atoms with Crippen molar-refractivity contribution in [1.82, 2.24) is 0 Å². The molecule has 5 aliphatic carbocycles. The van der Waals surface area contributed by atoms with Crippen LogP contribution in [0.15, 0.2) is 0 Å². The van der Waals surface area contributed by atoms with Crippen LogP contribution in [0.2, 0.25) is 0 Å². The number of hydrogen-bond acceptors (Lipinski definition) is 4. The van der Waals surface area contributed by atoms with Crippen LogP contribution < -0.4 is 0 Å². The lowest BCUT2D eigenvalue weighted by atomic mass is 9.41. The van der Waals surface area contributed by atoms with Crippen LogP contribution >= 0.6 is 0 Å². The van der Waals surface area contributed by atoms with Gasteiger partial charge in [-0.2, -0.15) is 0 Å². The fraction of sp³-hybridized carbons (Fsp3) is 1.00. The van der Waals surface area contributed by atoms with Crippen LogP contribution in [-0.2, 0) is 4.74 Å². The SMILES string of the molecule is C[C@@H]([C@H]1[C@@H](O)C[C@@]2(C)[C@@H]3CC[C@H]4[C@](C)(CO)[C@@H](O)CC[C@@]45C[C@@]35CC[C@]12C)[C@@H]1CCC(C)(C)O1. The molecule has 2 spiro atoms. The maximum absolute atomic E-state index is 11.7. The summed E-state index contributed by atoms with van der Waals surface area (Å²) in [6.07, 6.45) is 10.9. The van der Waals surface area contributed by atoms with Crippen LogP contribution in [-0.4, -0.2) is 45.8 Å². The highest BCUT2D eigenvalue weighted by atomic mass is 16.5. The summed E-state index contributed by atoms with van der Waals surface area (Å²) in [6, 6.07) is 0. The molecule has 1 saturated heterocycles. The smallest absolute Gasteiger partial charge is 0.0631 e. The van der Waals surface area contributed by atoms with E-state index in [1.54, 1.807) is 0 Å². The molecule has 3 N–H and O–H groups in total. The van der Waals surface area contributed by atoms with E-state index in [4.69, 9.17) is 4.74 Å². The minimum atomic E-state index is -0.374. The number of fused-ring (bicyclic) bond motifs is 2. The second kappa shape index (κ2) is 7.03. The first kappa shape index (κ1) is 24.2. The molecule has 6 rings (SSSR count). The molecule has 12 atom stereocenters. The molecule has 1 aliphatic heterocycles. The standard InChI is InChI=1S/C30H50O4/c1-18(20-9-11-25(2,3)34-20)24-19(32)15-28(6)22-8-7-21-26(4,17-31)23(33)10-12-29(21)16-30(22,29)14-13-27(24,28)5/h18-24,31-33H,7-17H2,1-6H3/t18-,19+,20+,21+,22+,23+,24+,26+,27-,28+,29-,30+/m1/s1. The summed E-state index contributed by atoms with van der Waals surface area (Å²) in [7, 11) is 0. The van der Waals surface area contributed by atoms with E-state index >= 15 is 0 Å². The monoisotopic (exact) mass is 474 g/mol. The van der Waals surface area contributed by atoms with Crippen LogP contribution in [0.1, 0.15) is 106 Å². The lowest BCUT2D eigenvalue weighted by molar-refractivity contribution is -0.177. The first-order valence-corrected chi connectivity index (χ1v) is 14.5. The summed E-state index contributed by atoms with van der Waals surface area (Å²) in [4.78, 5) is 0. The molecular weight excluding hydrogens is 424 g/mol. The van der Waals surface area contributed by atoms with E-state index in [-0.39, 0.29) is 46.8 Å². The summed E-state index contributed by atoms with van der Waals surface area (Å²) >= 11 is 0. The van der Waals surface area contributed by atoms with E-state index in [0.29, 0.717) is 34.5 Å². The summed E-state index contributed by atoms with van der Waals surface area (Å²) in [5.74, 6) is 1.77. The Kier molecular flexibility index (Phi) is 5.00. The molecule has 0 amide bonds. The van der Waals surface area contributed by atoms with Crippen molar-refractivity contribution < 1.29 is 20.1 Å². The van der Waals surface area contributed by atoms with E-state index in [9.17, 15) is 15.3 Å². The first-order valence-electron chi connectivity index (χ1n) is 14.5. The normalized spacial score (nSPS) is 60.6. The van der Waals surface area contributed by atoms with Gasteiger partial charge in [-0.05, 0) is 123 Å². The molecule has 6 fully saturated rings. The van der Waals surface area contributed by atoms with Gasteiger partial charge in [0, 0.05) is 5.41 Å². The van der Waals surface area contributed by atoms with Gasteiger partial charge in [-0.3, -0.25) is 0 Å². The number of aliphatic hydroxyl groups is 3. The van der Waals surface area contributed by atoms with Crippen molar-refractivity contribution in [3.05, 3.63) is 0 Å². The maximum atomic E-state index is 11.7. The third-order valence-electron chi connectivity index (χ3n) is 13.9. The van der Waals surface area contributed by atoms with E-state index in [1.807, 2.05) is 0 Å². The van der Waals surface area contributed by atoms with Crippen LogP contribution in [0.4, 0.5) is 0 Å². The van der Waals surface area contributed by atoms with Gasteiger partial charge in [0.25, 0.3) is 0 Å².